The molecule has 0 aliphatic heterocycles. The minimum Gasteiger partial charge on any atom is -0.322 e. The van der Waals surface area contributed by atoms with Gasteiger partial charge in [0.1, 0.15) is 12.5 Å². The summed E-state index contributed by atoms with van der Waals surface area (Å²) in [5, 5.41) is 0. The van der Waals surface area contributed by atoms with E-state index in [1.54, 1.807) is 6.07 Å². The summed E-state index contributed by atoms with van der Waals surface area (Å²) in [5.74, 6) is -0.414. The Morgan fingerprint density at radius 2 is 2.00 bits per heavy atom. The van der Waals surface area contributed by atoms with Gasteiger partial charge in [0, 0.05) is 4.47 Å². The first kappa shape index (κ1) is 12.8. The standard InChI is InChI=1S/C8H8BrF2N.ClH/c9-6-1-5(8(12)4-10)2-7(11)3-6;/h1-3,8H,4,12H2;1H/t8-;/m0./s1. The molecule has 0 amide bonds. The minimum absolute atomic E-state index is 0. The van der Waals surface area contributed by atoms with Crippen LogP contribution in [0.3, 0.4) is 0 Å². The fourth-order valence-corrected chi connectivity index (χ4v) is 1.36. The van der Waals surface area contributed by atoms with Crippen molar-refractivity contribution in [1.82, 2.24) is 0 Å². The van der Waals surface area contributed by atoms with E-state index >= 15 is 0 Å². The fourth-order valence-electron chi connectivity index (χ4n) is 0.878. The molecule has 1 aromatic carbocycles. The molecule has 0 aromatic heterocycles. The highest BCUT2D eigenvalue weighted by Gasteiger charge is 2.07. The average molecular weight is 273 g/mol. The van der Waals surface area contributed by atoms with E-state index in [0.717, 1.165) is 0 Å². The number of nitrogens with two attached hydrogens (primary N) is 1. The van der Waals surface area contributed by atoms with Gasteiger partial charge in [-0.3, -0.25) is 0 Å². The lowest BCUT2D eigenvalue weighted by Crippen LogP contribution is -2.12. The molecular weight excluding hydrogens is 263 g/mol. The van der Waals surface area contributed by atoms with Gasteiger partial charge in [-0.25, -0.2) is 8.78 Å². The highest BCUT2D eigenvalue weighted by atomic mass is 79.9. The first-order valence-electron chi connectivity index (χ1n) is 3.41. The third-order valence-electron chi connectivity index (χ3n) is 1.48. The van der Waals surface area contributed by atoms with Gasteiger partial charge in [-0.1, -0.05) is 15.9 Å². The molecule has 13 heavy (non-hydrogen) atoms. The Morgan fingerprint density at radius 1 is 1.38 bits per heavy atom. The minimum atomic E-state index is -0.739. The Kier molecular flexibility index (Phi) is 5.44. The van der Waals surface area contributed by atoms with Crippen molar-refractivity contribution in [3.05, 3.63) is 34.1 Å². The van der Waals surface area contributed by atoms with Crippen LogP contribution in [-0.2, 0) is 0 Å². The van der Waals surface area contributed by atoms with E-state index in [1.807, 2.05) is 0 Å². The predicted octanol–water partition coefficient (Wildman–Crippen LogP) is 2.98. The van der Waals surface area contributed by atoms with Gasteiger partial charge in [-0.05, 0) is 23.8 Å². The molecule has 0 fully saturated rings. The van der Waals surface area contributed by atoms with Crippen LogP contribution in [0.2, 0.25) is 0 Å². The number of benzene rings is 1. The topological polar surface area (TPSA) is 26.0 Å². The van der Waals surface area contributed by atoms with Crippen molar-refractivity contribution < 1.29 is 8.78 Å². The average Bonchev–Trinajstić information content (AvgIpc) is 2.01. The monoisotopic (exact) mass is 271 g/mol. The molecule has 0 saturated heterocycles. The molecule has 0 spiro atoms. The Hall–Kier alpha value is -0.190. The van der Waals surface area contributed by atoms with Crippen molar-refractivity contribution in [3.63, 3.8) is 0 Å². The largest absolute Gasteiger partial charge is 0.322 e. The first-order valence-corrected chi connectivity index (χ1v) is 4.20. The molecule has 1 nitrogen and oxygen atoms in total. The smallest absolute Gasteiger partial charge is 0.124 e. The molecule has 0 radical (unpaired) electrons. The molecule has 0 aliphatic rings. The predicted molar refractivity (Wildman–Crippen MR) is 54.3 cm³/mol. The van der Waals surface area contributed by atoms with E-state index in [9.17, 15) is 8.78 Å². The summed E-state index contributed by atoms with van der Waals surface area (Å²) in [4.78, 5) is 0. The van der Waals surface area contributed by atoms with Crippen LogP contribution in [0.25, 0.3) is 0 Å². The van der Waals surface area contributed by atoms with Gasteiger partial charge in [0.15, 0.2) is 0 Å². The Balaban J connectivity index is 0.00000144. The van der Waals surface area contributed by atoms with Crippen molar-refractivity contribution in [2.45, 2.75) is 6.04 Å². The summed E-state index contributed by atoms with van der Waals surface area (Å²) < 4.78 is 25.4. The second-order valence-electron chi connectivity index (χ2n) is 2.46. The Bertz CT molecular complexity index is 263. The van der Waals surface area contributed by atoms with Crippen molar-refractivity contribution in [3.8, 4) is 0 Å². The van der Waals surface area contributed by atoms with Crippen LogP contribution in [0.15, 0.2) is 22.7 Å². The van der Waals surface area contributed by atoms with E-state index in [1.165, 1.54) is 12.1 Å². The van der Waals surface area contributed by atoms with Crippen LogP contribution in [0.1, 0.15) is 11.6 Å². The second kappa shape index (κ2) is 5.52. The molecule has 0 heterocycles. The third kappa shape index (κ3) is 3.58. The number of halogens is 4. The van der Waals surface area contributed by atoms with Crippen molar-refractivity contribution in [2.75, 3.05) is 6.67 Å². The van der Waals surface area contributed by atoms with Gasteiger partial charge >= 0.3 is 0 Å². The van der Waals surface area contributed by atoms with Gasteiger partial charge in [0.2, 0.25) is 0 Å². The van der Waals surface area contributed by atoms with Crippen LogP contribution < -0.4 is 5.73 Å². The SMILES string of the molecule is Cl.N[C@@H](CF)c1cc(F)cc(Br)c1. The lowest BCUT2D eigenvalue weighted by Gasteiger charge is -2.07. The quantitative estimate of drug-likeness (QED) is 0.880. The highest BCUT2D eigenvalue weighted by Crippen LogP contribution is 2.19. The van der Waals surface area contributed by atoms with Crippen LogP contribution in [-0.4, -0.2) is 6.67 Å². The zero-order valence-electron chi connectivity index (χ0n) is 6.64. The molecule has 1 atom stereocenters. The van der Waals surface area contributed by atoms with Crippen molar-refractivity contribution >= 4 is 28.3 Å². The molecule has 0 saturated carbocycles. The summed E-state index contributed by atoms with van der Waals surface area (Å²) in [6, 6.07) is 3.40. The molecule has 74 valence electrons. The number of hydrogen-bond donors (Lipinski definition) is 1. The van der Waals surface area contributed by atoms with E-state index < -0.39 is 18.5 Å². The molecule has 5 heteroatoms. The van der Waals surface area contributed by atoms with Crippen molar-refractivity contribution in [1.29, 1.82) is 0 Å². The van der Waals surface area contributed by atoms with Gasteiger partial charge < -0.3 is 5.73 Å². The Labute approximate surface area is 89.9 Å². The maximum absolute atomic E-state index is 12.7. The van der Waals surface area contributed by atoms with Crippen LogP contribution in [0.5, 0.6) is 0 Å². The van der Waals surface area contributed by atoms with E-state index in [0.29, 0.717) is 10.0 Å². The van der Waals surface area contributed by atoms with E-state index in [2.05, 4.69) is 15.9 Å². The molecule has 0 unspecified atom stereocenters. The third-order valence-corrected chi connectivity index (χ3v) is 1.94. The number of alkyl halides is 1. The molecule has 0 aliphatic carbocycles. The van der Waals surface area contributed by atoms with Gasteiger partial charge in [0.25, 0.3) is 0 Å². The molecule has 0 bridgehead atoms. The zero-order chi connectivity index (χ0) is 9.14. The summed E-state index contributed by atoms with van der Waals surface area (Å²) in [6.45, 7) is -0.685. The summed E-state index contributed by atoms with van der Waals surface area (Å²) in [6.07, 6.45) is 0. The summed E-state index contributed by atoms with van der Waals surface area (Å²) >= 11 is 3.09. The summed E-state index contributed by atoms with van der Waals surface area (Å²) in [5.41, 5.74) is 5.83. The maximum Gasteiger partial charge on any atom is 0.124 e. The van der Waals surface area contributed by atoms with Gasteiger partial charge in [0.05, 0.1) is 6.04 Å². The first-order chi connectivity index (χ1) is 5.63. The summed E-state index contributed by atoms with van der Waals surface area (Å²) in [7, 11) is 0. The van der Waals surface area contributed by atoms with E-state index in [4.69, 9.17) is 5.73 Å². The lowest BCUT2D eigenvalue weighted by molar-refractivity contribution is 0.436. The molecule has 1 aromatic rings. The molecule has 2 N–H and O–H groups in total. The van der Waals surface area contributed by atoms with Gasteiger partial charge in [-0.15, -0.1) is 12.4 Å². The van der Waals surface area contributed by atoms with Crippen LogP contribution >= 0.6 is 28.3 Å². The number of rotatable bonds is 2. The highest BCUT2D eigenvalue weighted by molar-refractivity contribution is 9.10. The molecular formula is C8H9BrClF2N. The maximum atomic E-state index is 12.7. The fraction of sp³-hybridized carbons (Fsp3) is 0.250. The van der Waals surface area contributed by atoms with Crippen molar-refractivity contribution in [2.24, 2.45) is 5.73 Å². The lowest BCUT2D eigenvalue weighted by atomic mass is 10.1. The second-order valence-corrected chi connectivity index (χ2v) is 3.38. The van der Waals surface area contributed by atoms with Crippen LogP contribution in [0, 0.1) is 5.82 Å². The van der Waals surface area contributed by atoms with E-state index in [-0.39, 0.29) is 12.4 Å². The van der Waals surface area contributed by atoms with Crippen LogP contribution in [0.4, 0.5) is 8.78 Å². The molecule has 1 rings (SSSR count). The normalized spacial score (nSPS) is 12.0. The van der Waals surface area contributed by atoms with Gasteiger partial charge in [-0.2, -0.15) is 0 Å². The Morgan fingerprint density at radius 3 is 2.46 bits per heavy atom. The number of hydrogen-bond acceptors (Lipinski definition) is 1. The zero-order valence-corrected chi connectivity index (χ0v) is 9.04.